The van der Waals surface area contributed by atoms with Crippen molar-refractivity contribution in [3.63, 3.8) is 0 Å². The number of amides is 2. The third-order valence-electron chi connectivity index (χ3n) is 5.39. The van der Waals surface area contributed by atoms with Gasteiger partial charge in [-0.05, 0) is 49.9 Å². The van der Waals surface area contributed by atoms with Gasteiger partial charge in [-0.1, -0.05) is 24.4 Å². The molecule has 10 heteroatoms. The van der Waals surface area contributed by atoms with E-state index in [1.807, 2.05) is 0 Å². The molecule has 2 amide bonds. The number of sulfonamides is 1. The molecule has 3 rings (SSSR count). The number of ether oxygens (including phenoxy) is 1. The molecule has 166 valence electrons. The lowest BCUT2D eigenvalue weighted by molar-refractivity contribution is -0.136. The van der Waals surface area contributed by atoms with Gasteiger partial charge in [-0.3, -0.25) is 9.59 Å². The Morgan fingerprint density at radius 3 is 2.43 bits per heavy atom. The summed E-state index contributed by atoms with van der Waals surface area (Å²) in [6.07, 6.45) is 5.67. The Hall–Kier alpha value is -1.68. The van der Waals surface area contributed by atoms with Crippen LogP contribution in [-0.4, -0.2) is 63.5 Å². The Balaban J connectivity index is 1.60. The van der Waals surface area contributed by atoms with E-state index in [4.69, 9.17) is 16.3 Å². The van der Waals surface area contributed by atoms with E-state index in [1.165, 1.54) is 29.2 Å². The van der Waals surface area contributed by atoms with Gasteiger partial charge in [0, 0.05) is 24.2 Å². The molecule has 1 heterocycles. The maximum Gasteiger partial charge on any atom is 0.241 e. The third kappa shape index (κ3) is 6.66. The highest BCUT2D eigenvalue weighted by atomic mass is 35.5. The quantitative estimate of drug-likeness (QED) is 0.587. The Bertz CT molecular complexity index is 835. The zero-order valence-corrected chi connectivity index (χ0v) is 18.4. The van der Waals surface area contributed by atoms with Crippen LogP contribution >= 0.6 is 11.6 Å². The number of nitrogens with zero attached hydrogens (tertiary/aromatic N) is 1. The predicted molar refractivity (Wildman–Crippen MR) is 113 cm³/mol. The predicted octanol–water partition coefficient (Wildman–Crippen LogP) is 1.68. The van der Waals surface area contributed by atoms with Gasteiger partial charge in [0.2, 0.25) is 21.8 Å². The smallest absolute Gasteiger partial charge is 0.241 e. The van der Waals surface area contributed by atoms with E-state index in [9.17, 15) is 18.0 Å². The number of rotatable bonds is 9. The van der Waals surface area contributed by atoms with Crippen LogP contribution in [0.1, 0.15) is 38.5 Å². The van der Waals surface area contributed by atoms with Crippen LogP contribution in [-0.2, 0) is 24.3 Å². The minimum absolute atomic E-state index is 0.0179. The molecular formula is C20H28ClN3O5S. The Morgan fingerprint density at radius 2 is 1.80 bits per heavy atom. The van der Waals surface area contributed by atoms with E-state index in [1.54, 1.807) is 0 Å². The van der Waals surface area contributed by atoms with E-state index in [2.05, 4.69) is 10.0 Å². The second kappa shape index (κ2) is 10.6. The molecule has 1 aliphatic heterocycles. The summed E-state index contributed by atoms with van der Waals surface area (Å²) in [7, 11) is -3.87. The van der Waals surface area contributed by atoms with Crippen molar-refractivity contribution in [1.29, 1.82) is 0 Å². The molecule has 8 nitrogen and oxygen atoms in total. The van der Waals surface area contributed by atoms with Crippen molar-refractivity contribution in [2.24, 2.45) is 0 Å². The molecule has 0 aromatic heterocycles. The minimum Gasteiger partial charge on any atom is -0.376 e. The highest BCUT2D eigenvalue weighted by molar-refractivity contribution is 7.89. The first-order valence-electron chi connectivity index (χ1n) is 10.3. The maximum atomic E-state index is 12.8. The molecule has 2 fully saturated rings. The fourth-order valence-electron chi connectivity index (χ4n) is 3.77. The van der Waals surface area contributed by atoms with Gasteiger partial charge in [-0.25, -0.2) is 13.1 Å². The second-order valence-electron chi connectivity index (χ2n) is 7.74. The van der Waals surface area contributed by atoms with Crippen molar-refractivity contribution in [2.75, 3.05) is 26.2 Å². The molecule has 2 aliphatic rings. The summed E-state index contributed by atoms with van der Waals surface area (Å²) in [4.78, 5) is 26.6. The first-order valence-corrected chi connectivity index (χ1v) is 12.1. The summed E-state index contributed by atoms with van der Waals surface area (Å²) in [6.45, 7) is 0.343. The second-order valence-corrected chi connectivity index (χ2v) is 9.94. The summed E-state index contributed by atoms with van der Waals surface area (Å²) < 4.78 is 32.8. The molecule has 0 unspecified atom stereocenters. The number of halogens is 1. The van der Waals surface area contributed by atoms with E-state index < -0.39 is 22.5 Å². The van der Waals surface area contributed by atoms with Crippen LogP contribution in [0.3, 0.4) is 0 Å². The van der Waals surface area contributed by atoms with Gasteiger partial charge >= 0.3 is 0 Å². The summed E-state index contributed by atoms with van der Waals surface area (Å²) in [5, 5.41) is 3.39. The molecule has 1 aromatic rings. The van der Waals surface area contributed by atoms with Gasteiger partial charge in [0.1, 0.15) is 0 Å². The molecule has 1 saturated carbocycles. The van der Waals surface area contributed by atoms with Crippen LogP contribution < -0.4 is 10.0 Å². The van der Waals surface area contributed by atoms with E-state index >= 15 is 0 Å². The first kappa shape index (κ1) is 23.0. The standard InChI is InChI=1S/C20H28ClN3O5S/c21-15-7-9-18(10-8-15)30(27,28)22-12-20(26)24(13-17-6-3-11-29-17)14-19(25)23-16-4-1-2-5-16/h7-10,16-17,22H,1-6,11-14H2,(H,23,25)/t17-/m0/s1. The Kier molecular flexibility index (Phi) is 8.10. The van der Waals surface area contributed by atoms with Gasteiger partial charge in [0.05, 0.1) is 24.1 Å². The third-order valence-corrected chi connectivity index (χ3v) is 7.06. The van der Waals surface area contributed by atoms with Crippen LogP contribution in [0.4, 0.5) is 0 Å². The van der Waals surface area contributed by atoms with Gasteiger partial charge in [0.25, 0.3) is 0 Å². The largest absolute Gasteiger partial charge is 0.376 e. The number of benzene rings is 1. The van der Waals surface area contributed by atoms with Gasteiger partial charge in [-0.2, -0.15) is 0 Å². The van der Waals surface area contributed by atoms with Crippen LogP contribution in [0.5, 0.6) is 0 Å². The van der Waals surface area contributed by atoms with Crippen molar-refractivity contribution in [2.45, 2.75) is 55.6 Å². The molecule has 1 atom stereocenters. The van der Waals surface area contributed by atoms with Gasteiger partial charge < -0.3 is 15.0 Å². The average molecular weight is 458 g/mol. The molecule has 0 bridgehead atoms. The molecular weight excluding hydrogens is 430 g/mol. The number of carbonyl (C=O) groups excluding carboxylic acids is 2. The van der Waals surface area contributed by atoms with Crippen LogP contribution in [0.25, 0.3) is 0 Å². The van der Waals surface area contributed by atoms with Crippen molar-refractivity contribution in [3.8, 4) is 0 Å². The van der Waals surface area contributed by atoms with E-state index in [-0.39, 0.29) is 36.0 Å². The lowest BCUT2D eigenvalue weighted by Gasteiger charge is -2.26. The van der Waals surface area contributed by atoms with Crippen LogP contribution in [0, 0.1) is 0 Å². The number of nitrogens with one attached hydrogen (secondary N) is 2. The molecule has 1 aromatic carbocycles. The fourth-order valence-corrected chi connectivity index (χ4v) is 4.87. The van der Waals surface area contributed by atoms with Crippen molar-refractivity contribution >= 4 is 33.4 Å². The summed E-state index contributed by atoms with van der Waals surface area (Å²) in [6, 6.07) is 5.83. The molecule has 0 spiro atoms. The van der Waals surface area contributed by atoms with Gasteiger partial charge in [-0.15, -0.1) is 0 Å². The zero-order valence-electron chi connectivity index (χ0n) is 16.8. The van der Waals surface area contributed by atoms with Gasteiger partial charge in [0.15, 0.2) is 0 Å². The average Bonchev–Trinajstić information content (AvgIpc) is 3.40. The van der Waals surface area contributed by atoms with E-state index in [0.717, 1.165) is 38.5 Å². The molecule has 30 heavy (non-hydrogen) atoms. The van der Waals surface area contributed by atoms with Crippen LogP contribution in [0.2, 0.25) is 5.02 Å². The van der Waals surface area contributed by atoms with Crippen molar-refractivity contribution < 1.29 is 22.7 Å². The molecule has 1 saturated heterocycles. The maximum absolute atomic E-state index is 12.8. The molecule has 0 radical (unpaired) electrons. The lowest BCUT2D eigenvalue weighted by atomic mass is 10.2. The topological polar surface area (TPSA) is 105 Å². The number of carbonyl (C=O) groups is 2. The molecule has 2 N–H and O–H groups in total. The van der Waals surface area contributed by atoms with E-state index in [0.29, 0.717) is 11.6 Å². The van der Waals surface area contributed by atoms with Crippen LogP contribution in [0.15, 0.2) is 29.2 Å². The minimum atomic E-state index is -3.87. The summed E-state index contributed by atoms with van der Waals surface area (Å²) in [5.74, 6) is -0.696. The first-order chi connectivity index (χ1) is 14.3. The highest BCUT2D eigenvalue weighted by Crippen LogP contribution is 2.18. The Labute approximate surface area is 182 Å². The monoisotopic (exact) mass is 457 g/mol. The normalized spacial score (nSPS) is 19.7. The number of hydrogen-bond acceptors (Lipinski definition) is 5. The summed E-state index contributed by atoms with van der Waals surface area (Å²) in [5.41, 5.74) is 0. The fraction of sp³-hybridized carbons (Fsp3) is 0.600. The highest BCUT2D eigenvalue weighted by Gasteiger charge is 2.27. The van der Waals surface area contributed by atoms with Crippen molar-refractivity contribution in [1.82, 2.24) is 14.9 Å². The Morgan fingerprint density at radius 1 is 1.10 bits per heavy atom. The SMILES string of the molecule is O=C(CN(C[C@@H]1CCCO1)C(=O)CNS(=O)(=O)c1ccc(Cl)cc1)NC1CCCC1. The summed E-state index contributed by atoms with van der Waals surface area (Å²) >= 11 is 5.80. The zero-order chi connectivity index (χ0) is 21.6. The number of hydrogen-bond donors (Lipinski definition) is 2. The lowest BCUT2D eigenvalue weighted by Crippen LogP contribution is -2.48. The molecule has 1 aliphatic carbocycles. The van der Waals surface area contributed by atoms with Crippen molar-refractivity contribution in [3.05, 3.63) is 29.3 Å².